The van der Waals surface area contributed by atoms with Gasteiger partial charge in [-0.15, -0.1) is 0 Å². The lowest BCUT2D eigenvalue weighted by Crippen LogP contribution is -2.50. The standard InChI is InChI=1S/C22H21ClFN3O4S/c1-14-6-8-16(9-7-14)32(29,30)27-12-10-26(11-13-27)22(28)19-15(2)31-25-21(19)20-17(23)4-3-5-18(20)24/h3-9H,10-13H2,1-2H3. The van der Waals surface area contributed by atoms with Crippen LogP contribution in [0.15, 0.2) is 51.9 Å². The van der Waals surface area contributed by atoms with Crippen molar-refractivity contribution >= 4 is 27.5 Å². The Labute approximate surface area is 190 Å². The van der Waals surface area contributed by atoms with Gasteiger partial charge in [-0.05, 0) is 38.1 Å². The van der Waals surface area contributed by atoms with Gasteiger partial charge in [0.2, 0.25) is 10.0 Å². The lowest BCUT2D eigenvalue weighted by atomic mass is 10.0. The Morgan fingerprint density at radius 3 is 2.34 bits per heavy atom. The Balaban J connectivity index is 1.55. The first-order chi connectivity index (χ1) is 15.2. The van der Waals surface area contributed by atoms with Crippen LogP contribution >= 0.6 is 11.6 Å². The summed E-state index contributed by atoms with van der Waals surface area (Å²) in [5, 5.41) is 3.98. The van der Waals surface area contributed by atoms with Crippen LogP contribution in [-0.4, -0.2) is 54.9 Å². The molecule has 1 aromatic heterocycles. The molecule has 1 aliphatic rings. The molecule has 1 aliphatic heterocycles. The zero-order valence-corrected chi connectivity index (χ0v) is 19.1. The van der Waals surface area contributed by atoms with E-state index in [0.29, 0.717) is 0 Å². The maximum atomic E-state index is 14.4. The van der Waals surface area contributed by atoms with Gasteiger partial charge in [0.05, 0.1) is 15.5 Å². The zero-order chi connectivity index (χ0) is 23.0. The summed E-state index contributed by atoms with van der Waals surface area (Å²) in [6.45, 7) is 4.09. The molecule has 10 heteroatoms. The lowest BCUT2D eigenvalue weighted by Gasteiger charge is -2.34. The molecule has 1 saturated heterocycles. The van der Waals surface area contributed by atoms with Crippen molar-refractivity contribution in [2.45, 2.75) is 18.7 Å². The van der Waals surface area contributed by atoms with E-state index in [1.807, 2.05) is 6.92 Å². The molecule has 1 fully saturated rings. The monoisotopic (exact) mass is 477 g/mol. The minimum atomic E-state index is -3.65. The number of carbonyl (C=O) groups is 1. The molecule has 0 atom stereocenters. The van der Waals surface area contributed by atoms with Crippen LogP contribution in [0.1, 0.15) is 21.7 Å². The molecular weight excluding hydrogens is 457 g/mol. The van der Waals surface area contributed by atoms with Crippen molar-refractivity contribution in [1.82, 2.24) is 14.4 Å². The fraction of sp³-hybridized carbons (Fsp3) is 0.273. The molecule has 0 unspecified atom stereocenters. The molecule has 4 rings (SSSR count). The highest BCUT2D eigenvalue weighted by Gasteiger charge is 2.33. The van der Waals surface area contributed by atoms with Gasteiger partial charge in [-0.1, -0.05) is 40.5 Å². The molecule has 2 heterocycles. The average Bonchev–Trinajstić information content (AvgIpc) is 3.14. The molecule has 1 amide bonds. The van der Waals surface area contributed by atoms with E-state index < -0.39 is 21.7 Å². The van der Waals surface area contributed by atoms with Gasteiger partial charge in [0, 0.05) is 26.2 Å². The Morgan fingerprint density at radius 2 is 1.72 bits per heavy atom. The van der Waals surface area contributed by atoms with Gasteiger partial charge < -0.3 is 9.42 Å². The lowest BCUT2D eigenvalue weighted by molar-refractivity contribution is 0.0696. The molecule has 0 saturated carbocycles. The van der Waals surface area contributed by atoms with E-state index in [1.54, 1.807) is 31.2 Å². The fourth-order valence-electron chi connectivity index (χ4n) is 3.67. The predicted octanol–water partition coefficient (Wildman–Crippen LogP) is 3.90. The highest BCUT2D eigenvalue weighted by molar-refractivity contribution is 7.89. The van der Waals surface area contributed by atoms with Gasteiger partial charge in [0.1, 0.15) is 22.8 Å². The topological polar surface area (TPSA) is 83.7 Å². The third kappa shape index (κ3) is 4.03. The molecule has 3 aromatic rings. The van der Waals surface area contributed by atoms with E-state index in [-0.39, 0.29) is 58.7 Å². The molecular formula is C22H21ClFN3O4S. The molecule has 7 nitrogen and oxygen atoms in total. The highest BCUT2D eigenvalue weighted by Crippen LogP contribution is 2.34. The second-order valence-corrected chi connectivity index (χ2v) is 9.91. The Morgan fingerprint density at radius 1 is 1.06 bits per heavy atom. The predicted molar refractivity (Wildman–Crippen MR) is 117 cm³/mol. The number of halogens is 2. The van der Waals surface area contributed by atoms with Gasteiger partial charge in [0.15, 0.2) is 0 Å². The number of benzene rings is 2. The first-order valence-corrected chi connectivity index (χ1v) is 11.8. The van der Waals surface area contributed by atoms with E-state index in [4.69, 9.17) is 16.1 Å². The van der Waals surface area contributed by atoms with E-state index in [0.717, 1.165) is 5.56 Å². The van der Waals surface area contributed by atoms with Crippen LogP contribution in [-0.2, 0) is 10.0 Å². The maximum absolute atomic E-state index is 14.4. The summed E-state index contributed by atoms with van der Waals surface area (Å²) in [4.78, 5) is 15.0. The number of rotatable bonds is 4. The Hall–Kier alpha value is -2.75. The molecule has 0 N–H and O–H groups in total. The van der Waals surface area contributed by atoms with Crippen LogP contribution in [0.4, 0.5) is 4.39 Å². The van der Waals surface area contributed by atoms with Crippen LogP contribution in [0.5, 0.6) is 0 Å². The third-order valence-electron chi connectivity index (χ3n) is 5.46. The number of amides is 1. The summed E-state index contributed by atoms with van der Waals surface area (Å²) in [7, 11) is -3.65. The van der Waals surface area contributed by atoms with Crippen LogP contribution in [0.25, 0.3) is 11.3 Å². The van der Waals surface area contributed by atoms with Crippen molar-refractivity contribution in [3.05, 3.63) is 70.2 Å². The van der Waals surface area contributed by atoms with Crippen molar-refractivity contribution < 1.29 is 22.1 Å². The van der Waals surface area contributed by atoms with Gasteiger partial charge in [-0.25, -0.2) is 12.8 Å². The summed E-state index contributed by atoms with van der Waals surface area (Å²) in [5.74, 6) is -0.793. The number of piperazine rings is 1. The third-order valence-corrected chi connectivity index (χ3v) is 7.69. The minimum absolute atomic E-state index is 0.00467. The second kappa shape index (κ2) is 8.65. The van der Waals surface area contributed by atoms with E-state index in [1.165, 1.54) is 27.4 Å². The summed E-state index contributed by atoms with van der Waals surface area (Å²) < 4.78 is 46.8. The van der Waals surface area contributed by atoms with E-state index in [9.17, 15) is 17.6 Å². The van der Waals surface area contributed by atoms with Crippen LogP contribution in [0, 0.1) is 19.7 Å². The quantitative estimate of drug-likeness (QED) is 0.569. The first kappa shape index (κ1) is 22.4. The number of aromatic nitrogens is 1. The van der Waals surface area contributed by atoms with E-state index >= 15 is 0 Å². The molecule has 0 radical (unpaired) electrons. The van der Waals surface area contributed by atoms with Crippen LogP contribution in [0.3, 0.4) is 0 Å². The second-order valence-electron chi connectivity index (χ2n) is 7.57. The van der Waals surface area contributed by atoms with E-state index in [2.05, 4.69) is 5.16 Å². The summed E-state index contributed by atoms with van der Waals surface area (Å²) in [5.41, 5.74) is 1.11. The largest absolute Gasteiger partial charge is 0.360 e. The Kier molecular flexibility index (Phi) is 6.07. The number of hydrogen-bond acceptors (Lipinski definition) is 5. The SMILES string of the molecule is Cc1ccc(S(=O)(=O)N2CCN(C(=O)c3c(-c4c(F)cccc4Cl)noc3C)CC2)cc1. The minimum Gasteiger partial charge on any atom is -0.360 e. The van der Waals surface area contributed by atoms with Crippen molar-refractivity contribution in [2.75, 3.05) is 26.2 Å². The average molecular weight is 478 g/mol. The molecule has 0 spiro atoms. The van der Waals surface area contributed by atoms with Crippen molar-refractivity contribution in [3.8, 4) is 11.3 Å². The fourth-order valence-corrected chi connectivity index (χ4v) is 5.34. The van der Waals surface area contributed by atoms with Gasteiger partial charge in [-0.2, -0.15) is 4.31 Å². The number of hydrogen-bond donors (Lipinski definition) is 0. The zero-order valence-electron chi connectivity index (χ0n) is 17.5. The summed E-state index contributed by atoms with van der Waals surface area (Å²) in [6.07, 6.45) is 0. The molecule has 32 heavy (non-hydrogen) atoms. The van der Waals surface area contributed by atoms with Gasteiger partial charge >= 0.3 is 0 Å². The number of nitrogens with zero attached hydrogens (tertiary/aromatic N) is 3. The van der Waals surface area contributed by atoms with Gasteiger partial charge in [-0.3, -0.25) is 4.79 Å². The Bertz CT molecular complexity index is 1250. The van der Waals surface area contributed by atoms with Crippen molar-refractivity contribution in [2.24, 2.45) is 0 Å². The number of aryl methyl sites for hydroxylation is 2. The normalized spacial score (nSPS) is 15.2. The highest BCUT2D eigenvalue weighted by atomic mass is 35.5. The maximum Gasteiger partial charge on any atom is 0.259 e. The molecule has 168 valence electrons. The first-order valence-electron chi connectivity index (χ1n) is 9.97. The van der Waals surface area contributed by atoms with Gasteiger partial charge in [0.25, 0.3) is 5.91 Å². The number of carbonyl (C=O) groups excluding carboxylic acids is 1. The van der Waals surface area contributed by atoms with Crippen LogP contribution in [0.2, 0.25) is 5.02 Å². The van der Waals surface area contributed by atoms with Crippen molar-refractivity contribution in [1.29, 1.82) is 0 Å². The summed E-state index contributed by atoms with van der Waals surface area (Å²) >= 11 is 6.15. The number of sulfonamides is 1. The smallest absolute Gasteiger partial charge is 0.259 e. The summed E-state index contributed by atoms with van der Waals surface area (Å²) in [6, 6.07) is 10.8. The molecule has 2 aromatic carbocycles. The molecule has 0 bridgehead atoms. The molecule has 0 aliphatic carbocycles. The van der Waals surface area contributed by atoms with Crippen LogP contribution < -0.4 is 0 Å². The van der Waals surface area contributed by atoms with Crippen molar-refractivity contribution in [3.63, 3.8) is 0 Å².